The predicted molar refractivity (Wildman–Crippen MR) is 168 cm³/mol. The van der Waals surface area contributed by atoms with Gasteiger partial charge in [-0.3, -0.25) is 18.7 Å². The van der Waals surface area contributed by atoms with Gasteiger partial charge in [0.15, 0.2) is 0 Å². The summed E-state index contributed by atoms with van der Waals surface area (Å²) in [6.45, 7) is 0. The largest absolute Gasteiger partial charge is 3.00 e. The zero-order valence-electron chi connectivity index (χ0n) is 26.4. The molecule has 4 nitrogen and oxygen atoms in total. The molecule has 6 rings (SSSR count). The molecule has 0 saturated heterocycles. The quantitative estimate of drug-likeness (QED) is 0.101. The molecular weight excluding hydrogens is 954 g/mol. The summed E-state index contributed by atoms with van der Waals surface area (Å²) in [5.74, 6) is -0.556. The van der Waals surface area contributed by atoms with Crippen LogP contribution in [0.5, 0.6) is 0 Å². The third-order valence-corrected chi connectivity index (χ3v) is 5.88. The normalized spacial score (nSPS) is 12.4. The fraction of sp³-hybridized carbons (Fsp3) is 0.0588. The van der Waals surface area contributed by atoms with Crippen LogP contribution in [0.3, 0.4) is 0 Å². The number of hydrogen-bond donors (Lipinski definition) is 0. The molecule has 6 aromatic rings. The van der Waals surface area contributed by atoms with Gasteiger partial charge < -0.3 is 9.97 Å². The van der Waals surface area contributed by atoms with Crippen molar-refractivity contribution in [2.75, 3.05) is 0 Å². The van der Waals surface area contributed by atoms with Crippen molar-refractivity contribution in [3.05, 3.63) is 157 Å². The minimum atomic E-state index is -10.7. The topological polar surface area (TPSA) is 51.6 Å². The van der Waals surface area contributed by atoms with Gasteiger partial charge >= 0.3 is 65.4 Å². The average Bonchev–Trinajstić information content (AvgIpc) is 3.08. The van der Waals surface area contributed by atoms with Crippen LogP contribution < -0.4 is 0 Å². The van der Waals surface area contributed by atoms with E-state index in [1.807, 2.05) is 36.4 Å². The Balaban J connectivity index is 0.000000262. The van der Waals surface area contributed by atoms with Crippen molar-refractivity contribution in [1.29, 1.82) is 0 Å². The van der Waals surface area contributed by atoms with Gasteiger partial charge in [-0.05, 0) is 47.8 Å². The first-order chi connectivity index (χ1) is 24.3. The number of rotatable bonds is 3. The number of alkyl halides is 6. The molecule has 54 heavy (non-hydrogen) atoms. The molecule has 0 radical (unpaired) electrons. The molecular formula is C34H20F14IrN4P. The summed E-state index contributed by atoms with van der Waals surface area (Å²) in [7, 11) is -10.7. The third-order valence-electron chi connectivity index (χ3n) is 5.88. The molecule has 0 amide bonds. The number of nitrogens with zero attached hydrogens (tertiary/aromatic N) is 4. The van der Waals surface area contributed by atoms with Gasteiger partial charge in [-0.2, -0.15) is 26.3 Å². The number of hydrogen-bond acceptors (Lipinski definition) is 4. The number of pyridine rings is 4. The molecule has 4 heterocycles. The molecule has 0 unspecified atom stereocenters. The summed E-state index contributed by atoms with van der Waals surface area (Å²) in [5.41, 5.74) is 1.48. The zero-order chi connectivity index (χ0) is 39.6. The first kappa shape index (κ1) is 45.3. The van der Waals surface area contributed by atoms with Gasteiger partial charge in [0.25, 0.3) is 0 Å². The van der Waals surface area contributed by atoms with Crippen molar-refractivity contribution >= 4 is 7.81 Å². The van der Waals surface area contributed by atoms with Gasteiger partial charge in [0.1, 0.15) is 0 Å². The Hall–Kier alpha value is -4.86. The summed E-state index contributed by atoms with van der Waals surface area (Å²) in [6.07, 6.45) is -4.42. The number of aromatic nitrogens is 4. The van der Waals surface area contributed by atoms with Crippen LogP contribution in [0.1, 0.15) is 11.1 Å². The Labute approximate surface area is 310 Å². The van der Waals surface area contributed by atoms with E-state index in [2.05, 4.69) is 32.1 Å². The van der Waals surface area contributed by atoms with Crippen molar-refractivity contribution < 1.29 is 80.4 Å². The van der Waals surface area contributed by atoms with Crippen molar-refractivity contribution in [1.82, 2.24) is 19.9 Å². The molecule has 2 aromatic carbocycles. The molecule has 0 N–H and O–H groups in total. The fourth-order valence-electron chi connectivity index (χ4n) is 3.60. The van der Waals surface area contributed by atoms with Crippen LogP contribution >= 0.6 is 7.81 Å². The maximum absolute atomic E-state index is 12.6. The van der Waals surface area contributed by atoms with Gasteiger partial charge in [0.05, 0.1) is 22.5 Å². The second kappa shape index (κ2) is 17.5. The first-order valence-electron chi connectivity index (χ1n) is 14.2. The Morgan fingerprint density at radius 3 is 1.02 bits per heavy atom. The first-order valence-corrected chi connectivity index (χ1v) is 16.2. The smallest absolute Gasteiger partial charge is 0.305 e. The van der Waals surface area contributed by atoms with Gasteiger partial charge in [-0.15, -0.1) is 59.7 Å². The Kier molecular flexibility index (Phi) is 14.7. The van der Waals surface area contributed by atoms with E-state index in [0.29, 0.717) is 12.4 Å². The van der Waals surface area contributed by atoms with Gasteiger partial charge in [0, 0.05) is 36.4 Å². The maximum Gasteiger partial charge on any atom is 3.00 e. The molecule has 20 heteroatoms. The molecule has 0 bridgehead atoms. The van der Waals surface area contributed by atoms with Crippen LogP contribution in [-0.4, -0.2) is 19.9 Å². The van der Waals surface area contributed by atoms with Crippen molar-refractivity contribution in [2.24, 2.45) is 0 Å². The van der Waals surface area contributed by atoms with Crippen LogP contribution in [-0.2, 0) is 32.5 Å². The Bertz CT molecular complexity index is 1870. The van der Waals surface area contributed by atoms with E-state index in [1.165, 1.54) is 24.3 Å². The fourth-order valence-corrected chi connectivity index (χ4v) is 3.60. The van der Waals surface area contributed by atoms with E-state index < -0.39 is 31.3 Å². The summed E-state index contributed by atoms with van der Waals surface area (Å²) >= 11 is 0. The van der Waals surface area contributed by atoms with E-state index in [9.17, 15) is 60.3 Å². The van der Waals surface area contributed by atoms with Crippen LogP contribution in [0.25, 0.3) is 33.9 Å². The molecule has 0 saturated carbocycles. The minimum Gasteiger partial charge on any atom is -0.305 e. The van der Waals surface area contributed by atoms with Crippen LogP contribution in [0, 0.1) is 23.8 Å². The SMILES string of the molecule is FC(F)(F)c1ccc(-c2ccc(C(F)(F)F)cn2)nc1.F[P-](F)(F)(F)(F)F.Fc1c[c-]c(-c2ccccn2)cc1.Fc1c[c-]c(-c2ccccn2)cc1.[Ir+3]. The summed E-state index contributed by atoms with van der Waals surface area (Å²) in [4.78, 5) is 15.3. The molecule has 0 fully saturated rings. The average molecular weight is 974 g/mol. The number of halogens is 14. The molecule has 0 atom stereocenters. The van der Waals surface area contributed by atoms with E-state index >= 15 is 0 Å². The predicted octanol–water partition coefficient (Wildman–Crippen LogP) is 12.9. The van der Waals surface area contributed by atoms with Gasteiger partial charge in [0.2, 0.25) is 0 Å². The van der Waals surface area contributed by atoms with Gasteiger partial charge in [-0.1, -0.05) is 24.3 Å². The molecule has 288 valence electrons. The van der Waals surface area contributed by atoms with Crippen molar-refractivity contribution in [2.45, 2.75) is 12.4 Å². The van der Waals surface area contributed by atoms with E-state index in [0.717, 1.165) is 46.8 Å². The molecule has 0 aliphatic heterocycles. The second-order valence-corrected chi connectivity index (χ2v) is 12.0. The maximum atomic E-state index is 12.6. The van der Waals surface area contributed by atoms with Crippen LogP contribution in [0.15, 0.2) is 122 Å². The molecule has 0 spiro atoms. The van der Waals surface area contributed by atoms with Crippen molar-refractivity contribution in [3.63, 3.8) is 0 Å². The second-order valence-electron chi connectivity index (χ2n) is 10.1. The van der Waals surface area contributed by atoms with Crippen LogP contribution in [0.2, 0.25) is 0 Å². The summed E-state index contributed by atoms with van der Waals surface area (Å²) < 4.78 is 158. The Morgan fingerprint density at radius 1 is 0.444 bits per heavy atom. The molecule has 4 aromatic heterocycles. The zero-order valence-corrected chi connectivity index (χ0v) is 29.7. The van der Waals surface area contributed by atoms with E-state index in [4.69, 9.17) is 0 Å². The van der Waals surface area contributed by atoms with Gasteiger partial charge in [-0.25, -0.2) is 0 Å². The van der Waals surface area contributed by atoms with E-state index in [1.54, 1.807) is 24.5 Å². The minimum absolute atomic E-state index is 0. The monoisotopic (exact) mass is 974 g/mol. The summed E-state index contributed by atoms with van der Waals surface area (Å²) in [6, 6.07) is 29.3. The molecule has 0 aliphatic carbocycles. The van der Waals surface area contributed by atoms with E-state index in [-0.39, 0.29) is 43.1 Å². The van der Waals surface area contributed by atoms with Crippen molar-refractivity contribution in [3.8, 4) is 33.9 Å². The standard InChI is InChI=1S/C12H6F6N2.2C11H7FN.F6P.Ir/c13-11(14,15)7-1-3-9(19-5-7)10-4-2-8(6-20-10)12(16,17)18;2*12-10-6-4-9(5-7-10)11-3-1-2-8-13-11;1-7(2,3,4,5)6;/h1-6H;2*1-4,6-8H;;/q;3*-1;+3. The summed E-state index contributed by atoms with van der Waals surface area (Å²) in [5, 5.41) is 0. The Morgan fingerprint density at radius 2 is 0.796 bits per heavy atom. The third kappa shape index (κ3) is 17.8. The number of benzene rings is 2. The molecule has 0 aliphatic rings. The van der Waals surface area contributed by atoms with Crippen LogP contribution in [0.4, 0.5) is 60.3 Å².